The first-order valence-electron chi connectivity index (χ1n) is 6.48. The van der Waals surface area contributed by atoms with Crippen LogP contribution in [-0.4, -0.2) is 38.5 Å². The summed E-state index contributed by atoms with van der Waals surface area (Å²) in [4.78, 5) is 0. The van der Waals surface area contributed by atoms with Crippen molar-refractivity contribution in [2.24, 2.45) is 0 Å². The van der Waals surface area contributed by atoms with Crippen molar-refractivity contribution in [2.75, 3.05) is 27.7 Å². The zero-order valence-corrected chi connectivity index (χ0v) is 11.5. The summed E-state index contributed by atoms with van der Waals surface area (Å²) < 4.78 is 0. The summed E-state index contributed by atoms with van der Waals surface area (Å²) in [6.07, 6.45) is 2.13. The summed E-state index contributed by atoms with van der Waals surface area (Å²) in [7, 11) is 5.96. The molecule has 0 aromatic heterocycles. The molecule has 2 rings (SSSR count). The topological polar surface area (TPSA) is 39.3 Å². The molecule has 4 heteroatoms. The fourth-order valence-electron chi connectivity index (χ4n) is 2.70. The first-order chi connectivity index (χ1) is 8.75. The number of hydrogen-bond acceptors (Lipinski definition) is 4. The maximum Gasteiger partial charge on any atom is 0.138 e. The smallest absolute Gasteiger partial charge is 0.138 e. The SMILES string of the molecule is CNN1C[C](c2ccccc2)CCC1(NC)NC. The van der Waals surface area contributed by atoms with E-state index in [9.17, 15) is 0 Å². The Morgan fingerprint density at radius 2 is 1.72 bits per heavy atom. The Balaban J connectivity index is 2.14. The van der Waals surface area contributed by atoms with Gasteiger partial charge in [0.15, 0.2) is 0 Å². The molecule has 4 nitrogen and oxygen atoms in total. The van der Waals surface area contributed by atoms with E-state index in [-0.39, 0.29) is 5.79 Å². The van der Waals surface area contributed by atoms with Crippen molar-refractivity contribution in [3.8, 4) is 0 Å². The van der Waals surface area contributed by atoms with Gasteiger partial charge in [0.25, 0.3) is 0 Å². The van der Waals surface area contributed by atoms with Crippen molar-refractivity contribution >= 4 is 0 Å². The highest BCUT2D eigenvalue weighted by Gasteiger charge is 2.39. The largest absolute Gasteiger partial charge is 0.289 e. The van der Waals surface area contributed by atoms with E-state index < -0.39 is 0 Å². The van der Waals surface area contributed by atoms with Crippen LogP contribution in [0.3, 0.4) is 0 Å². The van der Waals surface area contributed by atoms with Gasteiger partial charge in [-0.1, -0.05) is 30.3 Å². The summed E-state index contributed by atoms with van der Waals surface area (Å²) in [5.74, 6) is 1.32. The molecule has 1 aliphatic heterocycles. The van der Waals surface area contributed by atoms with Gasteiger partial charge in [-0.2, -0.15) is 0 Å². The summed E-state index contributed by atoms with van der Waals surface area (Å²) in [5, 5.41) is 8.98. The van der Waals surface area contributed by atoms with Crippen molar-refractivity contribution in [1.82, 2.24) is 21.1 Å². The standard InChI is InChI=1S/C14H23N4/c1-15-14(16-2)10-9-13(11-18(14)17-3)12-7-5-4-6-8-12/h4-8,15-17H,9-11H2,1-3H3. The first-order valence-corrected chi connectivity index (χ1v) is 6.48. The van der Waals surface area contributed by atoms with Gasteiger partial charge in [0.2, 0.25) is 0 Å². The van der Waals surface area contributed by atoms with Crippen LogP contribution in [0.2, 0.25) is 0 Å². The molecule has 0 amide bonds. The molecular formula is C14H23N4. The second-order valence-electron chi connectivity index (χ2n) is 4.64. The zero-order valence-electron chi connectivity index (χ0n) is 11.5. The third-order valence-corrected chi connectivity index (χ3v) is 3.88. The second-order valence-corrected chi connectivity index (χ2v) is 4.64. The number of hydrazine groups is 1. The van der Waals surface area contributed by atoms with Crippen LogP contribution in [0.4, 0.5) is 0 Å². The minimum atomic E-state index is -0.160. The normalized spacial score (nSPS) is 21.1. The lowest BCUT2D eigenvalue weighted by molar-refractivity contribution is -0.0239. The van der Waals surface area contributed by atoms with Crippen LogP contribution in [0.1, 0.15) is 18.4 Å². The predicted octanol–water partition coefficient (Wildman–Crippen LogP) is 0.932. The highest BCUT2D eigenvalue weighted by Crippen LogP contribution is 2.31. The van der Waals surface area contributed by atoms with Gasteiger partial charge in [-0.25, -0.2) is 5.01 Å². The molecule has 0 unspecified atom stereocenters. The molecule has 0 atom stereocenters. The molecule has 0 bridgehead atoms. The van der Waals surface area contributed by atoms with E-state index in [4.69, 9.17) is 0 Å². The van der Waals surface area contributed by atoms with E-state index in [1.165, 1.54) is 11.5 Å². The van der Waals surface area contributed by atoms with Gasteiger partial charge < -0.3 is 0 Å². The Morgan fingerprint density at radius 1 is 1.06 bits per heavy atom. The minimum absolute atomic E-state index is 0.160. The number of nitrogens with zero attached hydrogens (tertiary/aromatic N) is 1. The lowest BCUT2D eigenvalue weighted by atomic mass is 9.88. The average molecular weight is 247 g/mol. The van der Waals surface area contributed by atoms with Gasteiger partial charge in [-0.05, 0) is 39.5 Å². The molecule has 99 valence electrons. The van der Waals surface area contributed by atoms with E-state index >= 15 is 0 Å². The van der Waals surface area contributed by atoms with Gasteiger partial charge in [0, 0.05) is 12.5 Å². The van der Waals surface area contributed by atoms with Crippen LogP contribution >= 0.6 is 0 Å². The monoisotopic (exact) mass is 247 g/mol. The minimum Gasteiger partial charge on any atom is -0.289 e. The van der Waals surface area contributed by atoms with E-state index in [1.54, 1.807) is 0 Å². The van der Waals surface area contributed by atoms with Crippen molar-refractivity contribution in [2.45, 2.75) is 18.6 Å². The molecule has 1 saturated heterocycles. The van der Waals surface area contributed by atoms with Gasteiger partial charge in [-0.3, -0.25) is 16.1 Å². The number of piperidine rings is 1. The highest BCUT2D eigenvalue weighted by molar-refractivity contribution is 5.32. The Bertz CT molecular complexity index is 361. The third-order valence-electron chi connectivity index (χ3n) is 3.88. The molecule has 0 saturated carbocycles. The maximum atomic E-state index is 3.38. The molecule has 1 radical (unpaired) electrons. The first kappa shape index (κ1) is 13.5. The molecule has 18 heavy (non-hydrogen) atoms. The van der Waals surface area contributed by atoms with E-state index in [2.05, 4.69) is 51.4 Å². The Morgan fingerprint density at radius 3 is 2.28 bits per heavy atom. The lowest BCUT2D eigenvalue weighted by Gasteiger charge is -2.48. The van der Waals surface area contributed by atoms with Crippen LogP contribution in [0.15, 0.2) is 30.3 Å². The third kappa shape index (κ3) is 2.42. The molecule has 0 aliphatic carbocycles. The van der Waals surface area contributed by atoms with Gasteiger partial charge >= 0.3 is 0 Å². The molecule has 1 heterocycles. The Labute approximate surface area is 110 Å². The molecule has 1 aromatic rings. The lowest BCUT2D eigenvalue weighted by Crippen LogP contribution is -2.71. The summed E-state index contributed by atoms with van der Waals surface area (Å²) in [6, 6.07) is 10.6. The van der Waals surface area contributed by atoms with Gasteiger partial charge in [-0.15, -0.1) is 0 Å². The van der Waals surface area contributed by atoms with Crippen molar-refractivity contribution in [3.63, 3.8) is 0 Å². The quantitative estimate of drug-likeness (QED) is 0.692. The Kier molecular flexibility index (Phi) is 4.35. The van der Waals surface area contributed by atoms with E-state index in [0.717, 1.165) is 19.4 Å². The average Bonchev–Trinajstić information content (AvgIpc) is 2.47. The summed E-state index contributed by atoms with van der Waals surface area (Å²) in [5.41, 5.74) is 4.63. The van der Waals surface area contributed by atoms with Gasteiger partial charge in [0.05, 0.1) is 0 Å². The molecule has 1 aromatic carbocycles. The van der Waals surface area contributed by atoms with Crippen LogP contribution in [-0.2, 0) is 0 Å². The highest BCUT2D eigenvalue weighted by atomic mass is 15.6. The van der Waals surface area contributed by atoms with E-state index in [1.807, 2.05) is 21.1 Å². The van der Waals surface area contributed by atoms with Crippen molar-refractivity contribution in [1.29, 1.82) is 0 Å². The molecule has 3 N–H and O–H groups in total. The molecule has 1 fully saturated rings. The summed E-state index contributed by atoms with van der Waals surface area (Å²) in [6.45, 7) is 0.919. The number of benzene rings is 1. The van der Waals surface area contributed by atoms with Crippen LogP contribution in [0.25, 0.3) is 0 Å². The molecule has 0 spiro atoms. The van der Waals surface area contributed by atoms with Crippen LogP contribution in [0.5, 0.6) is 0 Å². The molecular weight excluding hydrogens is 224 g/mol. The van der Waals surface area contributed by atoms with Crippen LogP contribution in [0, 0.1) is 5.92 Å². The fourth-order valence-corrected chi connectivity index (χ4v) is 2.70. The predicted molar refractivity (Wildman–Crippen MR) is 74.6 cm³/mol. The second kappa shape index (κ2) is 5.80. The van der Waals surface area contributed by atoms with E-state index in [0.29, 0.717) is 0 Å². The van der Waals surface area contributed by atoms with Crippen molar-refractivity contribution in [3.05, 3.63) is 41.8 Å². The number of nitrogens with one attached hydrogen (secondary N) is 3. The summed E-state index contributed by atoms with van der Waals surface area (Å²) >= 11 is 0. The number of rotatable bonds is 4. The van der Waals surface area contributed by atoms with Crippen LogP contribution < -0.4 is 16.1 Å². The van der Waals surface area contributed by atoms with Gasteiger partial charge in [0.1, 0.15) is 5.79 Å². The van der Waals surface area contributed by atoms with Crippen molar-refractivity contribution < 1.29 is 0 Å². The Hall–Kier alpha value is -0.940. The zero-order chi connectivity index (χ0) is 13.0. The fraction of sp³-hybridized carbons (Fsp3) is 0.500. The number of hydrogen-bond donors (Lipinski definition) is 3. The maximum absolute atomic E-state index is 3.38. The molecule has 1 aliphatic rings.